The van der Waals surface area contributed by atoms with Gasteiger partial charge in [-0.25, -0.2) is 4.98 Å². The van der Waals surface area contributed by atoms with E-state index in [1.807, 2.05) is 26.0 Å². The lowest BCUT2D eigenvalue weighted by molar-refractivity contribution is -0.132. The van der Waals surface area contributed by atoms with Gasteiger partial charge in [-0.3, -0.25) is 9.59 Å². The minimum atomic E-state index is -0.448. The van der Waals surface area contributed by atoms with Gasteiger partial charge in [0.05, 0.1) is 24.2 Å². The summed E-state index contributed by atoms with van der Waals surface area (Å²) >= 11 is 3.40. The Morgan fingerprint density at radius 3 is 2.69 bits per heavy atom. The third-order valence-corrected chi connectivity index (χ3v) is 5.15. The molecule has 0 atom stereocenters. The quantitative estimate of drug-likeness (QED) is 0.202. The van der Waals surface area contributed by atoms with Gasteiger partial charge in [-0.2, -0.15) is 9.78 Å². The highest BCUT2D eigenvalue weighted by atomic mass is 79.9. The molecule has 0 bridgehead atoms. The first-order valence-electron chi connectivity index (χ1n) is 10.0. The van der Waals surface area contributed by atoms with Gasteiger partial charge < -0.3 is 9.47 Å². The van der Waals surface area contributed by atoms with Crippen LogP contribution in [0.15, 0.2) is 57.4 Å². The van der Waals surface area contributed by atoms with E-state index in [0.29, 0.717) is 45.8 Å². The Kier molecular flexibility index (Phi) is 7.25. The summed E-state index contributed by atoms with van der Waals surface area (Å²) in [7, 11) is 1.49. The molecule has 0 amide bonds. The van der Waals surface area contributed by atoms with Crippen molar-refractivity contribution >= 4 is 39.0 Å². The fourth-order valence-electron chi connectivity index (χ4n) is 3.25. The second-order valence-electron chi connectivity index (χ2n) is 7.45. The molecule has 0 aliphatic heterocycles. The lowest BCUT2D eigenvalue weighted by Gasteiger charge is -2.14. The van der Waals surface area contributed by atoms with Crippen molar-refractivity contribution in [3.05, 3.63) is 74.8 Å². The molecule has 0 aliphatic carbocycles. The molecule has 0 radical (unpaired) electrons. The maximum atomic E-state index is 13.2. The molecule has 0 spiro atoms. The summed E-state index contributed by atoms with van der Waals surface area (Å²) in [6.45, 7) is 9.00. The van der Waals surface area contributed by atoms with Gasteiger partial charge in [-0.15, -0.1) is 6.58 Å². The average Bonchev–Trinajstić information content (AvgIpc) is 2.74. The van der Waals surface area contributed by atoms with Crippen molar-refractivity contribution in [1.29, 1.82) is 0 Å². The standard InChI is InChI=1S/C24H24BrN3O4/c1-6-7-17-10-16(11-21(31-5)22(17)32-15(4)29)13-26-28-23(14(2)3)27-20-9-8-18(25)12-19(20)24(28)30/h6,8-14H,1,7H2,2-5H3. The van der Waals surface area contributed by atoms with Crippen LogP contribution in [0.3, 0.4) is 0 Å². The molecular weight excluding hydrogens is 474 g/mol. The number of benzene rings is 2. The van der Waals surface area contributed by atoms with Crippen LogP contribution < -0.4 is 15.0 Å². The maximum absolute atomic E-state index is 13.2. The summed E-state index contributed by atoms with van der Waals surface area (Å²) < 4.78 is 12.9. The van der Waals surface area contributed by atoms with E-state index >= 15 is 0 Å². The number of carbonyl (C=O) groups excluding carboxylic acids is 1. The lowest BCUT2D eigenvalue weighted by Crippen LogP contribution is -2.23. The van der Waals surface area contributed by atoms with Crippen LogP contribution in [0.25, 0.3) is 10.9 Å². The maximum Gasteiger partial charge on any atom is 0.308 e. The Morgan fingerprint density at radius 2 is 2.06 bits per heavy atom. The van der Waals surface area contributed by atoms with Crippen molar-refractivity contribution in [2.75, 3.05) is 7.11 Å². The van der Waals surface area contributed by atoms with Crippen molar-refractivity contribution in [3.8, 4) is 11.5 Å². The Morgan fingerprint density at radius 1 is 1.31 bits per heavy atom. The van der Waals surface area contributed by atoms with Crippen LogP contribution in [0.1, 0.15) is 43.6 Å². The molecule has 0 aliphatic rings. The summed E-state index contributed by atoms with van der Waals surface area (Å²) in [6.07, 6.45) is 3.73. The number of hydrogen-bond acceptors (Lipinski definition) is 6. The molecule has 2 aromatic carbocycles. The zero-order valence-electron chi connectivity index (χ0n) is 18.4. The summed E-state index contributed by atoms with van der Waals surface area (Å²) in [5.74, 6) is 0.810. The van der Waals surface area contributed by atoms with Gasteiger partial charge in [0.1, 0.15) is 5.82 Å². The van der Waals surface area contributed by atoms with Gasteiger partial charge in [0.2, 0.25) is 0 Å². The highest BCUT2D eigenvalue weighted by Crippen LogP contribution is 2.33. The number of methoxy groups -OCH3 is 1. The van der Waals surface area contributed by atoms with Gasteiger partial charge in [0.15, 0.2) is 11.5 Å². The molecule has 8 heteroatoms. The number of nitrogens with zero attached hydrogens (tertiary/aromatic N) is 3. The highest BCUT2D eigenvalue weighted by molar-refractivity contribution is 9.10. The summed E-state index contributed by atoms with van der Waals surface area (Å²) in [6, 6.07) is 8.90. The second kappa shape index (κ2) is 9.91. The van der Waals surface area contributed by atoms with Crippen LogP contribution in [0.4, 0.5) is 0 Å². The fraction of sp³-hybridized carbons (Fsp3) is 0.250. The fourth-order valence-corrected chi connectivity index (χ4v) is 3.61. The van der Waals surface area contributed by atoms with Crippen molar-refractivity contribution in [2.24, 2.45) is 5.10 Å². The predicted molar refractivity (Wildman–Crippen MR) is 129 cm³/mol. The van der Waals surface area contributed by atoms with E-state index in [0.717, 1.165) is 4.47 Å². The Bertz CT molecular complexity index is 1280. The first-order chi connectivity index (χ1) is 15.2. The monoisotopic (exact) mass is 497 g/mol. The van der Waals surface area contributed by atoms with Crippen molar-refractivity contribution in [3.63, 3.8) is 0 Å². The Labute approximate surface area is 194 Å². The van der Waals surface area contributed by atoms with Crippen LogP contribution >= 0.6 is 15.9 Å². The lowest BCUT2D eigenvalue weighted by atomic mass is 10.1. The summed E-state index contributed by atoms with van der Waals surface area (Å²) in [5, 5.41) is 4.93. The number of ether oxygens (including phenoxy) is 2. The van der Waals surface area contributed by atoms with Gasteiger partial charge in [-0.05, 0) is 42.3 Å². The molecule has 7 nitrogen and oxygen atoms in total. The smallest absolute Gasteiger partial charge is 0.308 e. The molecule has 0 N–H and O–H groups in total. The van der Waals surface area contributed by atoms with Gasteiger partial charge >= 0.3 is 5.97 Å². The molecule has 1 heterocycles. The number of halogens is 1. The first kappa shape index (κ1) is 23.4. The molecule has 32 heavy (non-hydrogen) atoms. The van der Waals surface area contributed by atoms with Crippen LogP contribution in [-0.4, -0.2) is 29.0 Å². The molecule has 0 fully saturated rings. The van der Waals surface area contributed by atoms with Gasteiger partial charge in [0, 0.05) is 22.9 Å². The topological polar surface area (TPSA) is 82.8 Å². The van der Waals surface area contributed by atoms with E-state index < -0.39 is 5.97 Å². The first-order valence-corrected chi connectivity index (χ1v) is 10.8. The van der Waals surface area contributed by atoms with E-state index in [-0.39, 0.29) is 11.5 Å². The number of allylic oxidation sites excluding steroid dienone is 1. The number of aromatic nitrogens is 2. The molecule has 0 unspecified atom stereocenters. The van der Waals surface area contributed by atoms with Crippen LogP contribution in [0.5, 0.6) is 11.5 Å². The minimum absolute atomic E-state index is 0.0231. The van der Waals surface area contributed by atoms with Crippen molar-refractivity contribution in [2.45, 2.75) is 33.1 Å². The van der Waals surface area contributed by atoms with Crippen molar-refractivity contribution in [1.82, 2.24) is 9.66 Å². The molecule has 3 rings (SSSR count). The zero-order valence-corrected chi connectivity index (χ0v) is 20.0. The molecule has 3 aromatic rings. The number of hydrogen-bond donors (Lipinski definition) is 0. The SMILES string of the molecule is C=CCc1cc(C=Nn2c(C(C)C)nc3ccc(Br)cc3c2=O)cc(OC)c1OC(C)=O. The number of esters is 1. The van der Waals surface area contributed by atoms with E-state index in [1.54, 1.807) is 30.5 Å². The van der Waals surface area contributed by atoms with E-state index in [4.69, 9.17) is 9.47 Å². The molecular formula is C24H24BrN3O4. The molecule has 0 saturated heterocycles. The third-order valence-electron chi connectivity index (χ3n) is 4.66. The van der Waals surface area contributed by atoms with E-state index in [2.05, 4.69) is 32.6 Å². The normalized spacial score (nSPS) is 11.3. The van der Waals surface area contributed by atoms with E-state index in [9.17, 15) is 9.59 Å². The highest BCUT2D eigenvalue weighted by Gasteiger charge is 2.16. The number of carbonyl (C=O) groups is 1. The minimum Gasteiger partial charge on any atom is -0.493 e. The Balaban J connectivity index is 2.16. The average molecular weight is 498 g/mol. The van der Waals surface area contributed by atoms with Crippen LogP contribution in [-0.2, 0) is 11.2 Å². The second-order valence-corrected chi connectivity index (χ2v) is 8.36. The van der Waals surface area contributed by atoms with Crippen LogP contribution in [0, 0.1) is 0 Å². The summed E-state index contributed by atoms with van der Waals surface area (Å²) in [4.78, 5) is 29.4. The molecule has 1 aromatic heterocycles. The van der Waals surface area contributed by atoms with E-state index in [1.165, 1.54) is 18.7 Å². The third kappa shape index (κ3) is 4.96. The number of rotatable bonds is 7. The predicted octanol–water partition coefficient (Wildman–Crippen LogP) is 4.83. The van der Waals surface area contributed by atoms with Crippen molar-refractivity contribution < 1.29 is 14.3 Å². The summed E-state index contributed by atoms with van der Waals surface area (Å²) in [5.41, 5.74) is 1.75. The Hall–Kier alpha value is -3.26. The molecule has 0 saturated carbocycles. The zero-order chi connectivity index (χ0) is 23.4. The van der Waals surface area contributed by atoms with Gasteiger partial charge in [-0.1, -0.05) is 35.9 Å². The molecule has 166 valence electrons. The largest absolute Gasteiger partial charge is 0.493 e. The van der Waals surface area contributed by atoms with Crippen LogP contribution in [0.2, 0.25) is 0 Å². The number of fused-ring (bicyclic) bond motifs is 1. The van der Waals surface area contributed by atoms with Gasteiger partial charge in [0.25, 0.3) is 5.56 Å².